The Morgan fingerprint density at radius 1 is 1.21 bits per heavy atom. The van der Waals surface area contributed by atoms with E-state index in [1.54, 1.807) is 0 Å². The zero-order chi connectivity index (χ0) is 19.7. The first kappa shape index (κ1) is 18.3. The van der Waals surface area contributed by atoms with Crippen molar-refractivity contribution in [2.75, 3.05) is 13.1 Å². The lowest BCUT2D eigenvalue weighted by Gasteiger charge is -2.17. The third-order valence-corrected chi connectivity index (χ3v) is 5.47. The lowest BCUT2D eigenvalue weighted by Crippen LogP contribution is -2.39. The van der Waals surface area contributed by atoms with Crippen molar-refractivity contribution in [2.45, 2.75) is 38.6 Å². The maximum Gasteiger partial charge on any atom is 0.222 e. The Morgan fingerprint density at radius 2 is 2.04 bits per heavy atom. The maximum atomic E-state index is 12.9. The second-order valence-corrected chi connectivity index (χ2v) is 7.52. The van der Waals surface area contributed by atoms with E-state index in [1.165, 1.54) is 6.92 Å². The van der Waals surface area contributed by atoms with Crippen LogP contribution in [0, 0.1) is 6.92 Å². The largest absolute Gasteiger partial charge is 0.466 e. The second kappa shape index (κ2) is 7.54. The summed E-state index contributed by atoms with van der Waals surface area (Å²) in [5.74, 6) is 1.65. The Hall–Kier alpha value is -3.02. The van der Waals surface area contributed by atoms with Crippen molar-refractivity contribution in [1.82, 2.24) is 15.2 Å². The summed E-state index contributed by atoms with van der Waals surface area (Å²) in [6.45, 7) is 4.48. The number of rotatable bonds is 5. The number of para-hydroxylation sites is 1. The predicted octanol–water partition coefficient (Wildman–Crippen LogP) is 3.13. The number of furan rings is 1. The molecule has 1 aliphatic heterocycles. The zero-order valence-electron chi connectivity index (χ0n) is 16.2. The first-order valence-corrected chi connectivity index (χ1v) is 9.67. The SMILES string of the molecule is CC(=O)N[C@@H]1CN(C(=O)CCc2c[nH]c3ccccc23)C[C@H]1c1ccc(C)o1. The molecular formula is C22H25N3O3. The fraction of sp³-hybridized carbons (Fsp3) is 0.364. The highest BCUT2D eigenvalue weighted by Gasteiger charge is 2.38. The van der Waals surface area contributed by atoms with Crippen LogP contribution in [0.3, 0.4) is 0 Å². The average molecular weight is 379 g/mol. The van der Waals surface area contributed by atoms with Gasteiger partial charge >= 0.3 is 0 Å². The number of nitrogens with one attached hydrogen (secondary N) is 2. The fourth-order valence-electron chi connectivity index (χ4n) is 4.09. The van der Waals surface area contributed by atoms with Gasteiger partial charge in [-0.2, -0.15) is 0 Å². The Labute approximate surface area is 163 Å². The minimum atomic E-state index is -0.125. The summed E-state index contributed by atoms with van der Waals surface area (Å²) in [5, 5.41) is 4.14. The van der Waals surface area contributed by atoms with Crippen LogP contribution in [0.15, 0.2) is 47.0 Å². The Balaban J connectivity index is 1.44. The normalized spacial score (nSPS) is 19.3. The van der Waals surface area contributed by atoms with Gasteiger partial charge in [-0.15, -0.1) is 0 Å². The van der Waals surface area contributed by atoms with E-state index in [9.17, 15) is 9.59 Å². The van der Waals surface area contributed by atoms with E-state index in [-0.39, 0.29) is 23.8 Å². The van der Waals surface area contributed by atoms with E-state index in [2.05, 4.69) is 16.4 Å². The van der Waals surface area contributed by atoms with Crippen molar-refractivity contribution in [3.8, 4) is 0 Å². The van der Waals surface area contributed by atoms with Gasteiger partial charge in [-0.25, -0.2) is 0 Å². The molecule has 3 heterocycles. The Bertz CT molecular complexity index is 1000. The van der Waals surface area contributed by atoms with Gasteiger partial charge in [-0.1, -0.05) is 18.2 Å². The monoisotopic (exact) mass is 379 g/mol. The first-order valence-electron chi connectivity index (χ1n) is 9.67. The highest BCUT2D eigenvalue weighted by atomic mass is 16.3. The topological polar surface area (TPSA) is 78.3 Å². The number of aryl methyl sites for hydroxylation is 2. The van der Waals surface area contributed by atoms with E-state index < -0.39 is 0 Å². The Morgan fingerprint density at radius 3 is 2.79 bits per heavy atom. The molecule has 146 valence electrons. The molecule has 2 atom stereocenters. The summed E-state index contributed by atoms with van der Waals surface area (Å²) in [7, 11) is 0. The quantitative estimate of drug-likeness (QED) is 0.715. The molecule has 6 nitrogen and oxygen atoms in total. The van der Waals surface area contributed by atoms with Gasteiger partial charge in [0.2, 0.25) is 11.8 Å². The summed E-state index contributed by atoms with van der Waals surface area (Å²) >= 11 is 0. The molecule has 0 aliphatic carbocycles. The van der Waals surface area contributed by atoms with Crippen LogP contribution in [0.4, 0.5) is 0 Å². The molecule has 6 heteroatoms. The standard InChI is InChI=1S/C22H25N3O3/c1-14-7-9-21(28-14)18-12-25(13-20(18)24-15(2)26)22(27)10-8-16-11-23-19-6-4-3-5-17(16)19/h3-7,9,11,18,20,23H,8,10,12-13H2,1-2H3,(H,24,26)/t18-,20-/m1/s1. The number of hydrogen-bond donors (Lipinski definition) is 2. The minimum absolute atomic E-state index is 0.0189. The number of fused-ring (bicyclic) bond motifs is 1. The van der Waals surface area contributed by atoms with Crippen LogP contribution in [-0.4, -0.2) is 40.8 Å². The van der Waals surface area contributed by atoms with Crippen molar-refractivity contribution in [3.63, 3.8) is 0 Å². The van der Waals surface area contributed by atoms with E-state index in [0.29, 0.717) is 25.9 Å². The summed E-state index contributed by atoms with van der Waals surface area (Å²) in [6, 6.07) is 11.8. The van der Waals surface area contributed by atoms with Gasteiger partial charge in [-0.3, -0.25) is 9.59 Å². The van der Waals surface area contributed by atoms with Crippen molar-refractivity contribution in [1.29, 1.82) is 0 Å². The number of likely N-dealkylation sites (tertiary alicyclic amines) is 1. The van der Waals surface area contributed by atoms with Crippen LogP contribution in [0.1, 0.15) is 36.3 Å². The van der Waals surface area contributed by atoms with Crippen LogP contribution in [0.2, 0.25) is 0 Å². The lowest BCUT2D eigenvalue weighted by atomic mass is 10.0. The number of benzene rings is 1. The molecular weight excluding hydrogens is 354 g/mol. The van der Waals surface area contributed by atoms with Crippen molar-refractivity contribution >= 4 is 22.7 Å². The molecule has 4 rings (SSSR count). The molecule has 1 saturated heterocycles. The van der Waals surface area contributed by atoms with Crippen molar-refractivity contribution in [3.05, 3.63) is 59.7 Å². The lowest BCUT2D eigenvalue weighted by molar-refractivity contribution is -0.130. The van der Waals surface area contributed by atoms with Gasteiger partial charge in [0, 0.05) is 43.5 Å². The number of hydrogen-bond acceptors (Lipinski definition) is 3. The summed E-state index contributed by atoms with van der Waals surface area (Å²) < 4.78 is 5.78. The third-order valence-electron chi connectivity index (χ3n) is 5.47. The number of nitrogens with zero attached hydrogens (tertiary/aromatic N) is 1. The van der Waals surface area contributed by atoms with E-state index in [0.717, 1.165) is 28.0 Å². The van der Waals surface area contributed by atoms with Crippen LogP contribution in [0.5, 0.6) is 0 Å². The van der Waals surface area contributed by atoms with Gasteiger partial charge < -0.3 is 19.6 Å². The minimum Gasteiger partial charge on any atom is -0.466 e. The Kier molecular flexibility index (Phi) is 4.94. The van der Waals surface area contributed by atoms with Gasteiger partial charge in [0.15, 0.2) is 0 Å². The molecule has 0 spiro atoms. The molecule has 0 unspecified atom stereocenters. The molecule has 0 saturated carbocycles. The molecule has 28 heavy (non-hydrogen) atoms. The van der Waals surface area contributed by atoms with E-state index in [4.69, 9.17) is 4.42 Å². The summed E-state index contributed by atoms with van der Waals surface area (Å²) in [6.07, 6.45) is 3.11. The fourth-order valence-corrected chi connectivity index (χ4v) is 4.09. The second-order valence-electron chi connectivity index (χ2n) is 7.52. The number of amides is 2. The number of carbonyl (C=O) groups is 2. The van der Waals surface area contributed by atoms with Gasteiger partial charge in [0.25, 0.3) is 0 Å². The molecule has 2 amide bonds. The summed E-state index contributed by atoms with van der Waals surface area (Å²) in [4.78, 5) is 29.6. The highest BCUT2D eigenvalue weighted by molar-refractivity contribution is 5.84. The third kappa shape index (κ3) is 3.67. The number of carbonyl (C=O) groups excluding carboxylic acids is 2. The highest BCUT2D eigenvalue weighted by Crippen LogP contribution is 2.30. The van der Waals surface area contributed by atoms with Gasteiger partial charge in [0.1, 0.15) is 11.5 Å². The van der Waals surface area contributed by atoms with Crippen molar-refractivity contribution < 1.29 is 14.0 Å². The van der Waals surface area contributed by atoms with Crippen molar-refractivity contribution in [2.24, 2.45) is 0 Å². The van der Waals surface area contributed by atoms with Crippen LogP contribution in [0.25, 0.3) is 10.9 Å². The number of H-pyrrole nitrogens is 1. The molecule has 1 fully saturated rings. The number of aromatic amines is 1. The average Bonchev–Trinajstić information content (AvgIpc) is 3.37. The van der Waals surface area contributed by atoms with Crippen LogP contribution < -0.4 is 5.32 Å². The molecule has 3 aromatic rings. The van der Waals surface area contributed by atoms with E-state index in [1.807, 2.05) is 48.4 Å². The zero-order valence-corrected chi connectivity index (χ0v) is 16.2. The van der Waals surface area contributed by atoms with Gasteiger partial charge in [0.05, 0.1) is 12.0 Å². The van der Waals surface area contributed by atoms with Crippen LogP contribution in [-0.2, 0) is 16.0 Å². The first-order chi connectivity index (χ1) is 13.5. The molecule has 1 aliphatic rings. The molecule has 2 aromatic heterocycles. The predicted molar refractivity (Wildman–Crippen MR) is 107 cm³/mol. The van der Waals surface area contributed by atoms with Gasteiger partial charge in [-0.05, 0) is 37.1 Å². The smallest absolute Gasteiger partial charge is 0.222 e. The van der Waals surface area contributed by atoms with E-state index >= 15 is 0 Å². The maximum absolute atomic E-state index is 12.9. The summed E-state index contributed by atoms with van der Waals surface area (Å²) in [5.41, 5.74) is 2.24. The van der Waals surface area contributed by atoms with Crippen LogP contribution >= 0.6 is 0 Å². The molecule has 0 bridgehead atoms. The number of aromatic nitrogens is 1. The molecule has 1 aromatic carbocycles. The molecule has 0 radical (unpaired) electrons. The molecule has 2 N–H and O–H groups in total.